The highest BCUT2D eigenvalue weighted by Gasteiger charge is 2.17. The lowest BCUT2D eigenvalue weighted by Crippen LogP contribution is -2.21. The van der Waals surface area contributed by atoms with Crippen molar-refractivity contribution in [2.24, 2.45) is 5.73 Å². The summed E-state index contributed by atoms with van der Waals surface area (Å²) < 4.78 is 7.13. The summed E-state index contributed by atoms with van der Waals surface area (Å²) in [6.07, 6.45) is 3.59. The molecule has 1 aromatic carbocycles. The van der Waals surface area contributed by atoms with Gasteiger partial charge >= 0.3 is 0 Å². The SMILES string of the molecule is COc1ccc(Cl)cc1C(CN)n1cccn1. The third-order valence-electron chi connectivity index (χ3n) is 2.62. The summed E-state index contributed by atoms with van der Waals surface area (Å²) in [5.74, 6) is 0.764. The first-order valence-electron chi connectivity index (χ1n) is 5.29. The fourth-order valence-electron chi connectivity index (χ4n) is 1.81. The molecule has 2 rings (SSSR count). The van der Waals surface area contributed by atoms with Gasteiger partial charge in [-0.05, 0) is 24.3 Å². The molecule has 0 amide bonds. The largest absolute Gasteiger partial charge is 0.496 e. The van der Waals surface area contributed by atoms with Gasteiger partial charge in [-0.2, -0.15) is 5.10 Å². The number of nitrogens with zero attached hydrogens (tertiary/aromatic N) is 2. The van der Waals surface area contributed by atoms with Crippen LogP contribution in [0.5, 0.6) is 5.75 Å². The quantitative estimate of drug-likeness (QED) is 0.905. The zero-order chi connectivity index (χ0) is 12.3. The zero-order valence-corrected chi connectivity index (χ0v) is 10.3. The summed E-state index contributed by atoms with van der Waals surface area (Å²) in [5.41, 5.74) is 6.75. The average Bonchev–Trinajstić information content (AvgIpc) is 2.84. The van der Waals surface area contributed by atoms with Crippen LogP contribution in [0.3, 0.4) is 0 Å². The van der Waals surface area contributed by atoms with Crippen LogP contribution < -0.4 is 10.5 Å². The van der Waals surface area contributed by atoms with E-state index in [0.717, 1.165) is 11.3 Å². The summed E-state index contributed by atoms with van der Waals surface area (Å²) in [5, 5.41) is 4.87. The number of hydrogen-bond donors (Lipinski definition) is 1. The lowest BCUT2D eigenvalue weighted by Gasteiger charge is -2.19. The highest BCUT2D eigenvalue weighted by molar-refractivity contribution is 6.30. The van der Waals surface area contributed by atoms with Gasteiger partial charge in [0.05, 0.1) is 13.2 Å². The molecule has 0 aliphatic carbocycles. The smallest absolute Gasteiger partial charge is 0.124 e. The highest BCUT2D eigenvalue weighted by atomic mass is 35.5. The van der Waals surface area contributed by atoms with Crippen LogP contribution in [-0.4, -0.2) is 23.4 Å². The molecule has 1 heterocycles. The maximum atomic E-state index is 6.01. The van der Waals surface area contributed by atoms with Crippen LogP contribution in [0.4, 0.5) is 0 Å². The van der Waals surface area contributed by atoms with E-state index in [0.29, 0.717) is 11.6 Å². The minimum Gasteiger partial charge on any atom is -0.496 e. The molecule has 5 heteroatoms. The molecule has 0 saturated carbocycles. The van der Waals surface area contributed by atoms with Gasteiger partial charge in [0.15, 0.2) is 0 Å². The lowest BCUT2D eigenvalue weighted by atomic mass is 10.1. The Morgan fingerprint density at radius 1 is 1.53 bits per heavy atom. The normalized spacial score (nSPS) is 12.4. The van der Waals surface area contributed by atoms with E-state index in [4.69, 9.17) is 22.1 Å². The highest BCUT2D eigenvalue weighted by Crippen LogP contribution is 2.29. The van der Waals surface area contributed by atoms with E-state index < -0.39 is 0 Å². The molecule has 0 aliphatic rings. The Balaban J connectivity index is 2.46. The van der Waals surface area contributed by atoms with Crippen LogP contribution >= 0.6 is 11.6 Å². The molecule has 1 unspecified atom stereocenters. The van der Waals surface area contributed by atoms with E-state index in [1.165, 1.54) is 0 Å². The van der Waals surface area contributed by atoms with Gasteiger partial charge in [-0.1, -0.05) is 11.6 Å². The lowest BCUT2D eigenvalue weighted by molar-refractivity contribution is 0.398. The van der Waals surface area contributed by atoms with Crippen molar-refractivity contribution in [3.05, 3.63) is 47.2 Å². The second-order valence-electron chi connectivity index (χ2n) is 3.62. The van der Waals surface area contributed by atoms with Gasteiger partial charge in [0.1, 0.15) is 5.75 Å². The minimum atomic E-state index is -0.0707. The van der Waals surface area contributed by atoms with Crippen molar-refractivity contribution in [1.82, 2.24) is 9.78 Å². The number of nitrogens with two attached hydrogens (primary N) is 1. The Morgan fingerprint density at radius 2 is 2.35 bits per heavy atom. The first kappa shape index (κ1) is 12.0. The molecule has 90 valence electrons. The van der Waals surface area contributed by atoms with E-state index in [2.05, 4.69) is 5.10 Å². The fourth-order valence-corrected chi connectivity index (χ4v) is 1.99. The number of benzene rings is 1. The van der Waals surface area contributed by atoms with Crippen LogP contribution in [0.15, 0.2) is 36.7 Å². The average molecular weight is 252 g/mol. The van der Waals surface area contributed by atoms with Crippen molar-refractivity contribution >= 4 is 11.6 Å². The number of methoxy groups -OCH3 is 1. The summed E-state index contributed by atoms with van der Waals surface area (Å²) in [7, 11) is 1.63. The fraction of sp³-hybridized carbons (Fsp3) is 0.250. The van der Waals surface area contributed by atoms with Crippen molar-refractivity contribution in [2.45, 2.75) is 6.04 Å². The van der Waals surface area contributed by atoms with E-state index in [1.807, 2.05) is 24.4 Å². The standard InChI is InChI=1S/C12H14ClN3O/c1-17-12-4-3-9(13)7-10(12)11(8-14)16-6-2-5-15-16/h2-7,11H,8,14H2,1H3. The van der Waals surface area contributed by atoms with Gasteiger partial charge < -0.3 is 10.5 Å². The molecule has 2 aromatic rings. The van der Waals surface area contributed by atoms with Crippen molar-refractivity contribution in [1.29, 1.82) is 0 Å². The van der Waals surface area contributed by atoms with E-state index >= 15 is 0 Å². The summed E-state index contributed by atoms with van der Waals surface area (Å²) in [6, 6.07) is 7.28. The third kappa shape index (κ3) is 2.43. The third-order valence-corrected chi connectivity index (χ3v) is 2.85. The van der Waals surface area contributed by atoms with Gasteiger partial charge in [-0.15, -0.1) is 0 Å². The van der Waals surface area contributed by atoms with Crippen LogP contribution in [0.25, 0.3) is 0 Å². The van der Waals surface area contributed by atoms with Gasteiger partial charge in [0, 0.05) is 29.5 Å². The Hall–Kier alpha value is -1.52. The number of ether oxygens (including phenoxy) is 1. The molecular weight excluding hydrogens is 238 g/mol. The van der Waals surface area contributed by atoms with Crippen LogP contribution in [0.1, 0.15) is 11.6 Å². The maximum absolute atomic E-state index is 6.01. The number of hydrogen-bond acceptors (Lipinski definition) is 3. The zero-order valence-electron chi connectivity index (χ0n) is 9.51. The van der Waals surface area contributed by atoms with E-state index in [9.17, 15) is 0 Å². The van der Waals surface area contributed by atoms with Gasteiger partial charge in [0.2, 0.25) is 0 Å². The Bertz CT molecular complexity index is 485. The Kier molecular flexibility index (Phi) is 3.66. The predicted molar refractivity (Wildman–Crippen MR) is 67.4 cm³/mol. The summed E-state index contributed by atoms with van der Waals surface area (Å²) in [4.78, 5) is 0. The molecular formula is C12H14ClN3O. The molecule has 0 radical (unpaired) electrons. The monoisotopic (exact) mass is 251 g/mol. The van der Waals surface area contributed by atoms with Crippen molar-refractivity contribution in [3.63, 3.8) is 0 Å². The Morgan fingerprint density at radius 3 is 2.94 bits per heavy atom. The number of rotatable bonds is 4. The van der Waals surface area contributed by atoms with Crippen LogP contribution in [-0.2, 0) is 0 Å². The number of halogens is 1. The predicted octanol–water partition coefficient (Wildman–Crippen LogP) is 2.09. The molecule has 1 aromatic heterocycles. The second-order valence-corrected chi connectivity index (χ2v) is 4.06. The van der Waals surface area contributed by atoms with E-state index in [1.54, 1.807) is 24.1 Å². The number of aromatic nitrogens is 2. The summed E-state index contributed by atoms with van der Waals surface area (Å²) >= 11 is 6.01. The molecule has 2 N–H and O–H groups in total. The van der Waals surface area contributed by atoms with E-state index in [-0.39, 0.29) is 6.04 Å². The molecule has 1 atom stereocenters. The molecule has 0 aliphatic heterocycles. The topological polar surface area (TPSA) is 53.1 Å². The van der Waals surface area contributed by atoms with Crippen molar-refractivity contribution in [2.75, 3.05) is 13.7 Å². The van der Waals surface area contributed by atoms with Gasteiger partial charge in [-0.3, -0.25) is 4.68 Å². The second kappa shape index (κ2) is 5.21. The van der Waals surface area contributed by atoms with Gasteiger partial charge in [0.25, 0.3) is 0 Å². The molecule has 0 bridgehead atoms. The molecule has 17 heavy (non-hydrogen) atoms. The molecule has 0 fully saturated rings. The van der Waals surface area contributed by atoms with Crippen molar-refractivity contribution < 1.29 is 4.74 Å². The first-order valence-corrected chi connectivity index (χ1v) is 5.66. The van der Waals surface area contributed by atoms with Crippen LogP contribution in [0, 0.1) is 0 Å². The molecule has 4 nitrogen and oxygen atoms in total. The molecule has 0 saturated heterocycles. The Labute approximate surface area is 105 Å². The minimum absolute atomic E-state index is 0.0707. The van der Waals surface area contributed by atoms with Crippen molar-refractivity contribution in [3.8, 4) is 5.75 Å². The van der Waals surface area contributed by atoms with Gasteiger partial charge in [-0.25, -0.2) is 0 Å². The molecule has 0 spiro atoms. The summed E-state index contributed by atoms with van der Waals surface area (Å²) in [6.45, 7) is 0.429. The maximum Gasteiger partial charge on any atom is 0.124 e. The van der Waals surface area contributed by atoms with Crippen LogP contribution in [0.2, 0.25) is 5.02 Å². The first-order chi connectivity index (χ1) is 8.26.